The Kier molecular flexibility index (Phi) is 5.81. The molecule has 0 aliphatic rings. The first-order chi connectivity index (χ1) is 7.72. The molecule has 0 aromatic carbocycles. The van der Waals surface area contributed by atoms with Gasteiger partial charge in [0.1, 0.15) is 5.88 Å². The topological polar surface area (TPSA) is 71.5 Å². The smallest absolute Gasteiger partial charge is 0.213 e. The van der Waals surface area contributed by atoms with Gasteiger partial charge in [-0.2, -0.15) is 0 Å². The van der Waals surface area contributed by atoms with Crippen molar-refractivity contribution in [2.24, 2.45) is 0 Å². The van der Waals surface area contributed by atoms with Gasteiger partial charge in [-0.1, -0.05) is 13.3 Å². The van der Waals surface area contributed by atoms with Crippen LogP contribution in [0.5, 0.6) is 5.88 Å². The molecule has 1 aromatic rings. The van der Waals surface area contributed by atoms with Gasteiger partial charge in [0.15, 0.2) is 11.1 Å². The first-order valence-corrected chi connectivity index (χ1v) is 6.40. The number of unbranched alkanes of at least 4 members (excludes halogenated alkanes) is 1. The van der Waals surface area contributed by atoms with Crippen molar-refractivity contribution in [2.45, 2.75) is 19.8 Å². The number of rotatable bonds is 7. The SMILES string of the molecule is CCCCOc1ccc(NCS(=O)O)cn1. The molecule has 1 atom stereocenters. The molecule has 1 unspecified atom stereocenters. The molecule has 0 spiro atoms. The zero-order valence-electron chi connectivity index (χ0n) is 9.18. The van der Waals surface area contributed by atoms with Crippen LogP contribution in [0.3, 0.4) is 0 Å². The monoisotopic (exact) mass is 244 g/mol. The predicted molar refractivity (Wildman–Crippen MR) is 63.9 cm³/mol. The fourth-order valence-corrected chi connectivity index (χ4v) is 1.33. The molecule has 0 fully saturated rings. The number of nitrogens with zero attached hydrogens (tertiary/aromatic N) is 1. The molecule has 0 bridgehead atoms. The summed E-state index contributed by atoms with van der Waals surface area (Å²) < 4.78 is 24.4. The van der Waals surface area contributed by atoms with E-state index in [0.717, 1.165) is 12.8 Å². The summed E-state index contributed by atoms with van der Waals surface area (Å²) in [4.78, 5) is 4.06. The lowest BCUT2D eigenvalue weighted by Gasteiger charge is -2.06. The third-order valence-corrected chi connectivity index (χ3v) is 2.28. The Bertz CT molecular complexity index is 329. The molecule has 1 heterocycles. The molecular formula is C10H16N2O3S. The van der Waals surface area contributed by atoms with Gasteiger partial charge in [0.05, 0.1) is 18.5 Å². The highest BCUT2D eigenvalue weighted by molar-refractivity contribution is 7.79. The van der Waals surface area contributed by atoms with Crippen LogP contribution in [0, 0.1) is 0 Å². The van der Waals surface area contributed by atoms with Gasteiger partial charge in [-0.25, -0.2) is 9.19 Å². The van der Waals surface area contributed by atoms with Gasteiger partial charge in [-0.15, -0.1) is 0 Å². The van der Waals surface area contributed by atoms with Crippen LogP contribution >= 0.6 is 0 Å². The van der Waals surface area contributed by atoms with Gasteiger partial charge in [0, 0.05) is 6.07 Å². The maximum Gasteiger partial charge on any atom is 0.213 e. The fourth-order valence-electron chi connectivity index (χ4n) is 1.04. The van der Waals surface area contributed by atoms with Crippen LogP contribution in [0.15, 0.2) is 18.3 Å². The van der Waals surface area contributed by atoms with Gasteiger partial charge in [0.2, 0.25) is 5.88 Å². The molecule has 5 nitrogen and oxygen atoms in total. The van der Waals surface area contributed by atoms with Gasteiger partial charge in [-0.3, -0.25) is 0 Å². The molecule has 0 aliphatic heterocycles. The van der Waals surface area contributed by atoms with Crippen molar-refractivity contribution in [1.82, 2.24) is 4.98 Å². The van der Waals surface area contributed by atoms with Crippen molar-refractivity contribution < 1.29 is 13.5 Å². The quantitative estimate of drug-likeness (QED) is 0.566. The van der Waals surface area contributed by atoms with Crippen LogP contribution in [-0.4, -0.2) is 26.2 Å². The zero-order valence-corrected chi connectivity index (χ0v) is 10.00. The summed E-state index contributed by atoms with van der Waals surface area (Å²) in [6, 6.07) is 3.50. The lowest BCUT2D eigenvalue weighted by atomic mass is 10.4. The Hall–Kier alpha value is -1.14. The summed E-state index contributed by atoms with van der Waals surface area (Å²) in [6.07, 6.45) is 3.67. The predicted octanol–water partition coefficient (Wildman–Crippen LogP) is 1.85. The molecule has 0 saturated heterocycles. The van der Waals surface area contributed by atoms with Gasteiger partial charge in [0.25, 0.3) is 0 Å². The minimum absolute atomic E-state index is 0.00226. The van der Waals surface area contributed by atoms with Gasteiger partial charge >= 0.3 is 0 Å². The second kappa shape index (κ2) is 7.19. The largest absolute Gasteiger partial charge is 0.478 e. The van der Waals surface area contributed by atoms with E-state index in [0.29, 0.717) is 18.2 Å². The van der Waals surface area contributed by atoms with Crippen molar-refractivity contribution in [3.63, 3.8) is 0 Å². The standard InChI is InChI=1S/C10H16N2O3S/c1-2-3-6-15-10-5-4-9(7-11-10)12-8-16(13)14/h4-5,7,12H,2-3,6,8H2,1H3,(H,13,14). The Labute approximate surface area is 97.5 Å². The van der Waals surface area contributed by atoms with E-state index >= 15 is 0 Å². The molecule has 2 N–H and O–H groups in total. The molecule has 0 radical (unpaired) electrons. The number of nitrogens with one attached hydrogen (secondary N) is 1. The summed E-state index contributed by atoms with van der Waals surface area (Å²) in [7, 11) is 0. The Morgan fingerprint density at radius 3 is 2.94 bits per heavy atom. The molecule has 1 aromatic heterocycles. The lowest BCUT2D eigenvalue weighted by molar-refractivity contribution is 0.298. The number of hydrogen-bond donors (Lipinski definition) is 2. The Morgan fingerprint density at radius 1 is 1.56 bits per heavy atom. The van der Waals surface area contributed by atoms with Crippen molar-refractivity contribution in [3.05, 3.63) is 18.3 Å². The third kappa shape index (κ3) is 5.09. The lowest BCUT2D eigenvalue weighted by Crippen LogP contribution is -2.07. The first-order valence-electron chi connectivity index (χ1n) is 5.12. The van der Waals surface area contributed by atoms with Crippen LogP contribution in [0.1, 0.15) is 19.8 Å². The summed E-state index contributed by atoms with van der Waals surface area (Å²) >= 11 is -1.85. The summed E-state index contributed by atoms with van der Waals surface area (Å²) in [5, 5.41) is 2.77. The molecule has 6 heteroatoms. The number of ether oxygens (including phenoxy) is 1. The highest BCUT2D eigenvalue weighted by atomic mass is 32.2. The minimum atomic E-state index is -1.85. The van der Waals surface area contributed by atoms with Crippen molar-refractivity contribution in [1.29, 1.82) is 0 Å². The third-order valence-electron chi connectivity index (χ3n) is 1.88. The molecule has 0 amide bonds. The zero-order chi connectivity index (χ0) is 11.8. The van der Waals surface area contributed by atoms with Crippen LogP contribution in [0.2, 0.25) is 0 Å². The van der Waals surface area contributed by atoms with E-state index in [1.165, 1.54) is 0 Å². The van der Waals surface area contributed by atoms with Crippen LogP contribution in [-0.2, 0) is 11.1 Å². The maximum atomic E-state index is 10.4. The molecule has 1 rings (SSSR count). The highest BCUT2D eigenvalue weighted by Crippen LogP contribution is 2.11. The van der Waals surface area contributed by atoms with E-state index < -0.39 is 11.1 Å². The molecule has 16 heavy (non-hydrogen) atoms. The van der Waals surface area contributed by atoms with E-state index in [2.05, 4.69) is 17.2 Å². The molecular weight excluding hydrogens is 228 g/mol. The van der Waals surface area contributed by atoms with E-state index in [-0.39, 0.29) is 5.88 Å². The van der Waals surface area contributed by atoms with Crippen molar-refractivity contribution in [2.75, 3.05) is 17.8 Å². The number of pyridine rings is 1. The normalized spacial score (nSPS) is 12.1. The Balaban J connectivity index is 2.38. The van der Waals surface area contributed by atoms with Crippen LogP contribution in [0.4, 0.5) is 5.69 Å². The van der Waals surface area contributed by atoms with E-state index in [1.54, 1.807) is 18.3 Å². The maximum absolute atomic E-state index is 10.4. The number of hydrogen-bond acceptors (Lipinski definition) is 4. The number of anilines is 1. The van der Waals surface area contributed by atoms with Crippen molar-refractivity contribution >= 4 is 16.8 Å². The van der Waals surface area contributed by atoms with E-state index in [1.807, 2.05) is 0 Å². The molecule has 0 saturated carbocycles. The van der Waals surface area contributed by atoms with Crippen LogP contribution < -0.4 is 10.1 Å². The molecule has 0 aliphatic carbocycles. The van der Waals surface area contributed by atoms with E-state index in [4.69, 9.17) is 9.29 Å². The van der Waals surface area contributed by atoms with Crippen LogP contribution in [0.25, 0.3) is 0 Å². The minimum Gasteiger partial charge on any atom is -0.478 e. The second-order valence-electron chi connectivity index (χ2n) is 3.23. The van der Waals surface area contributed by atoms with Gasteiger partial charge < -0.3 is 14.6 Å². The summed E-state index contributed by atoms with van der Waals surface area (Å²) in [5.41, 5.74) is 0.699. The highest BCUT2D eigenvalue weighted by Gasteiger charge is 1.97. The average molecular weight is 244 g/mol. The van der Waals surface area contributed by atoms with Crippen molar-refractivity contribution in [3.8, 4) is 5.88 Å². The van der Waals surface area contributed by atoms with E-state index in [9.17, 15) is 4.21 Å². The summed E-state index contributed by atoms with van der Waals surface area (Å²) in [6.45, 7) is 2.76. The summed E-state index contributed by atoms with van der Waals surface area (Å²) in [5.74, 6) is 0.571. The fraction of sp³-hybridized carbons (Fsp3) is 0.500. The number of aromatic nitrogens is 1. The Morgan fingerprint density at radius 2 is 2.38 bits per heavy atom. The van der Waals surface area contributed by atoms with Gasteiger partial charge in [-0.05, 0) is 12.5 Å². The second-order valence-corrected chi connectivity index (χ2v) is 4.16. The average Bonchev–Trinajstić information content (AvgIpc) is 2.28. The first kappa shape index (κ1) is 12.9. The molecule has 90 valence electrons.